The molecule has 0 amide bonds. The summed E-state index contributed by atoms with van der Waals surface area (Å²) < 4.78 is 21.6. The highest BCUT2D eigenvalue weighted by molar-refractivity contribution is 6.18. The number of phenols is 1. The zero-order chi connectivity index (χ0) is 22.4. The Balaban J connectivity index is 3.50. The number of phenolic OH excluding ortho intramolecular Hbond substituents is 1. The van der Waals surface area contributed by atoms with Crippen LogP contribution in [-0.4, -0.2) is 41.5 Å². The molecule has 1 N–H and O–H groups in total. The maximum absolute atomic E-state index is 12.7. The highest BCUT2D eigenvalue weighted by Gasteiger charge is 2.29. The number of hydrogen-bond acceptors (Lipinski definition) is 7. The van der Waals surface area contributed by atoms with Gasteiger partial charge in [0.2, 0.25) is 5.75 Å². The monoisotopic (exact) mass is 408 g/mol. The van der Waals surface area contributed by atoms with E-state index in [9.17, 15) is 14.7 Å². The molecule has 0 aliphatic carbocycles. The van der Waals surface area contributed by atoms with E-state index in [2.05, 4.69) is 0 Å². The van der Waals surface area contributed by atoms with Crippen molar-refractivity contribution in [3.8, 4) is 17.2 Å². The highest BCUT2D eigenvalue weighted by Crippen LogP contribution is 2.38. The summed E-state index contributed by atoms with van der Waals surface area (Å²) in [5.41, 5.74) is -1.44. The fraction of sp³-hybridized carbons (Fsp3) is 0.545. The Morgan fingerprint density at radius 3 is 1.55 bits per heavy atom. The molecule has 0 bridgehead atoms. The molecule has 0 spiro atoms. The van der Waals surface area contributed by atoms with Gasteiger partial charge in [0.15, 0.2) is 11.5 Å². The van der Waals surface area contributed by atoms with Gasteiger partial charge in [0.1, 0.15) is 16.8 Å². The third-order valence-corrected chi connectivity index (χ3v) is 3.21. The van der Waals surface area contributed by atoms with Crippen LogP contribution in [0.3, 0.4) is 0 Å². The van der Waals surface area contributed by atoms with Gasteiger partial charge in [0.05, 0.1) is 13.2 Å². The van der Waals surface area contributed by atoms with Crippen LogP contribution in [0, 0.1) is 0 Å². The molecule has 0 aromatic heterocycles. The van der Waals surface area contributed by atoms with Crippen LogP contribution in [-0.2, 0) is 19.1 Å². The van der Waals surface area contributed by atoms with E-state index in [1.165, 1.54) is 18.2 Å². The number of carbonyl (C=O) groups is 2. The topological polar surface area (TPSA) is 91.3 Å². The summed E-state index contributed by atoms with van der Waals surface area (Å²) in [5.74, 6) is -1.41. The highest BCUT2D eigenvalue weighted by atomic mass is 16.6. The van der Waals surface area contributed by atoms with Crippen molar-refractivity contribution in [3.05, 3.63) is 23.3 Å². The molecule has 0 aliphatic heterocycles. The first-order valence-corrected chi connectivity index (χ1v) is 9.58. The van der Waals surface area contributed by atoms with E-state index in [0.717, 1.165) is 0 Å². The fourth-order valence-electron chi connectivity index (χ4n) is 2.25. The first-order chi connectivity index (χ1) is 13.3. The molecule has 0 radical (unpaired) electrons. The Bertz CT molecular complexity index is 707. The molecular formula is C22H32O7. The normalized spacial score (nSPS) is 11.4. The van der Waals surface area contributed by atoms with Gasteiger partial charge >= 0.3 is 11.9 Å². The molecule has 7 nitrogen and oxygen atoms in total. The van der Waals surface area contributed by atoms with E-state index in [-0.39, 0.29) is 22.8 Å². The van der Waals surface area contributed by atoms with Crippen molar-refractivity contribution >= 4 is 18.0 Å². The van der Waals surface area contributed by atoms with Crippen LogP contribution in [0.1, 0.15) is 61.0 Å². The molecule has 0 saturated carbocycles. The van der Waals surface area contributed by atoms with Gasteiger partial charge in [-0.15, -0.1) is 0 Å². The van der Waals surface area contributed by atoms with Crippen molar-refractivity contribution in [1.82, 2.24) is 0 Å². The number of hydrogen-bond donors (Lipinski definition) is 1. The molecule has 1 rings (SSSR count). The third kappa shape index (κ3) is 8.05. The lowest BCUT2D eigenvalue weighted by Crippen LogP contribution is -2.31. The van der Waals surface area contributed by atoms with Crippen LogP contribution in [0.5, 0.6) is 17.2 Å². The molecule has 1 aromatic rings. The molecule has 162 valence electrons. The minimum atomic E-state index is -0.809. The number of ether oxygens (including phenoxy) is 4. The lowest BCUT2D eigenvalue weighted by atomic mass is 10.1. The Hall–Kier alpha value is -2.70. The van der Waals surface area contributed by atoms with E-state index in [1.54, 1.807) is 55.4 Å². The zero-order valence-electron chi connectivity index (χ0n) is 18.5. The van der Waals surface area contributed by atoms with E-state index >= 15 is 0 Å². The summed E-state index contributed by atoms with van der Waals surface area (Å²) >= 11 is 0. The minimum Gasteiger partial charge on any atom is -0.502 e. The molecule has 1 aromatic carbocycles. The van der Waals surface area contributed by atoms with Gasteiger partial charge in [0.25, 0.3) is 0 Å². The largest absolute Gasteiger partial charge is 0.502 e. The molecule has 0 saturated heterocycles. The van der Waals surface area contributed by atoms with Gasteiger partial charge in [-0.2, -0.15) is 0 Å². The van der Waals surface area contributed by atoms with E-state index in [4.69, 9.17) is 18.9 Å². The van der Waals surface area contributed by atoms with Crippen molar-refractivity contribution < 1.29 is 33.6 Å². The van der Waals surface area contributed by atoms with Crippen LogP contribution < -0.4 is 9.47 Å². The minimum absolute atomic E-state index is 0.151. The predicted octanol–water partition coefficient (Wildman–Crippen LogP) is 4.26. The second-order valence-corrected chi connectivity index (χ2v) is 8.29. The van der Waals surface area contributed by atoms with Gasteiger partial charge in [-0.05, 0) is 79.2 Å². The van der Waals surface area contributed by atoms with Crippen molar-refractivity contribution in [2.24, 2.45) is 0 Å². The van der Waals surface area contributed by atoms with Gasteiger partial charge in [-0.3, -0.25) is 0 Å². The van der Waals surface area contributed by atoms with Crippen LogP contribution >= 0.6 is 0 Å². The Kier molecular flexibility index (Phi) is 8.12. The molecule has 29 heavy (non-hydrogen) atoms. The molecule has 0 heterocycles. The molecule has 0 unspecified atom stereocenters. The Morgan fingerprint density at radius 1 is 0.862 bits per heavy atom. The quantitative estimate of drug-likeness (QED) is 0.312. The Labute approximate surface area is 172 Å². The molecule has 7 heteroatoms. The van der Waals surface area contributed by atoms with E-state index < -0.39 is 23.1 Å². The average molecular weight is 408 g/mol. The number of rotatable bonds is 7. The lowest BCUT2D eigenvalue weighted by Gasteiger charge is -2.23. The summed E-state index contributed by atoms with van der Waals surface area (Å²) in [6, 6.07) is 3.02. The van der Waals surface area contributed by atoms with Crippen molar-refractivity contribution in [2.75, 3.05) is 13.2 Å². The van der Waals surface area contributed by atoms with Gasteiger partial charge in [0, 0.05) is 0 Å². The van der Waals surface area contributed by atoms with E-state index in [1.807, 2.05) is 0 Å². The lowest BCUT2D eigenvalue weighted by molar-refractivity contribution is -0.158. The summed E-state index contributed by atoms with van der Waals surface area (Å²) in [6.07, 6.45) is 1.34. The standard InChI is InChI=1S/C22H32O7/c1-9-26-16-12-14(13-17(18(16)23)27-10-2)11-15(19(24)28-21(3,4)5)20(25)29-22(6,7)8/h11-13,23H,9-10H2,1-8H3. The smallest absolute Gasteiger partial charge is 0.346 e. The number of aromatic hydroxyl groups is 1. The molecule has 0 fully saturated rings. The zero-order valence-corrected chi connectivity index (χ0v) is 18.5. The maximum atomic E-state index is 12.7. The fourth-order valence-corrected chi connectivity index (χ4v) is 2.25. The number of benzene rings is 1. The predicted molar refractivity (Wildman–Crippen MR) is 110 cm³/mol. The third-order valence-electron chi connectivity index (χ3n) is 3.21. The first-order valence-electron chi connectivity index (χ1n) is 9.58. The molecule has 0 aliphatic rings. The van der Waals surface area contributed by atoms with Crippen LogP contribution in [0.2, 0.25) is 0 Å². The first kappa shape index (κ1) is 24.3. The van der Waals surface area contributed by atoms with Gasteiger partial charge < -0.3 is 24.1 Å². The van der Waals surface area contributed by atoms with E-state index in [0.29, 0.717) is 18.8 Å². The van der Waals surface area contributed by atoms with Crippen LogP contribution in [0.15, 0.2) is 17.7 Å². The Morgan fingerprint density at radius 2 is 1.24 bits per heavy atom. The second-order valence-electron chi connectivity index (χ2n) is 8.29. The average Bonchev–Trinajstić information content (AvgIpc) is 2.53. The van der Waals surface area contributed by atoms with Crippen LogP contribution in [0.25, 0.3) is 6.08 Å². The molecule has 0 atom stereocenters. The molecular weight excluding hydrogens is 376 g/mol. The summed E-state index contributed by atoms with van der Waals surface area (Å²) in [5, 5.41) is 10.3. The number of esters is 2. The van der Waals surface area contributed by atoms with Crippen molar-refractivity contribution in [2.45, 2.75) is 66.6 Å². The van der Waals surface area contributed by atoms with Gasteiger partial charge in [-0.25, -0.2) is 9.59 Å². The summed E-state index contributed by atoms with van der Waals surface area (Å²) in [6.45, 7) is 14.4. The second kappa shape index (κ2) is 9.67. The van der Waals surface area contributed by atoms with Crippen molar-refractivity contribution in [3.63, 3.8) is 0 Å². The number of carbonyl (C=O) groups excluding carboxylic acids is 2. The van der Waals surface area contributed by atoms with Gasteiger partial charge in [-0.1, -0.05) is 0 Å². The van der Waals surface area contributed by atoms with Crippen molar-refractivity contribution in [1.29, 1.82) is 0 Å². The van der Waals surface area contributed by atoms with Crippen LogP contribution in [0.4, 0.5) is 0 Å². The summed E-state index contributed by atoms with van der Waals surface area (Å²) in [7, 11) is 0. The summed E-state index contributed by atoms with van der Waals surface area (Å²) in [4.78, 5) is 25.4. The maximum Gasteiger partial charge on any atom is 0.346 e. The SMILES string of the molecule is CCOc1cc(C=C(C(=O)OC(C)(C)C)C(=O)OC(C)(C)C)cc(OCC)c1O.